The van der Waals surface area contributed by atoms with Gasteiger partial charge in [-0.1, -0.05) is 11.6 Å². The average Bonchev–Trinajstić information content (AvgIpc) is 3.14. The third-order valence-electron chi connectivity index (χ3n) is 5.17. The first-order valence-electron chi connectivity index (χ1n) is 8.98. The second kappa shape index (κ2) is 7.87. The van der Waals surface area contributed by atoms with E-state index >= 15 is 0 Å². The second-order valence-electron chi connectivity index (χ2n) is 6.85. The zero-order valence-electron chi connectivity index (χ0n) is 15.4. The number of carbonyl (C=O) groups excluding carboxylic acids is 1. The number of nitriles is 1. The number of nitro groups is 1. The molecule has 152 valence electrons. The third kappa shape index (κ3) is 3.31. The maximum atomic E-state index is 13.0. The fraction of sp³-hybridized carbons (Fsp3) is 0.200. The van der Waals surface area contributed by atoms with Gasteiger partial charge in [-0.2, -0.15) is 5.26 Å². The van der Waals surface area contributed by atoms with Crippen molar-refractivity contribution in [2.45, 2.75) is 25.2 Å². The number of thiophene rings is 1. The van der Waals surface area contributed by atoms with E-state index in [2.05, 4.69) is 22.0 Å². The SMILES string of the molecule is N#CC1=C(N)N(c2cc([N+](=O)[O-])ccc2Cl)C2=C(C(=O)CCC2)C1c1ccc(Br)s1. The molecule has 0 saturated carbocycles. The number of nitro benzene ring substituents is 1. The minimum Gasteiger partial charge on any atom is -0.384 e. The molecule has 10 heteroatoms. The summed E-state index contributed by atoms with van der Waals surface area (Å²) in [4.78, 5) is 26.2. The predicted octanol–water partition coefficient (Wildman–Crippen LogP) is 5.38. The highest BCUT2D eigenvalue weighted by atomic mass is 79.9. The van der Waals surface area contributed by atoms with Crippen LogP contribution < -0.4 is 10.6 Å². The zero-order chi connectivity index (χ0) is 21.6. The molecule has 1 aliphatic heterocycles. The Morgan fingerprint density at radius 2 is 2.10 bits per heavy atom. The topological polar surface area (TPSA) is 113 Å². The molecule has 0 bridgehead atoms. The molecule has 2 aromatic rings. The molecule has 1 aromatic heterocycles. The lowest BCUT2D eigenvalue weighted by Gasteiger charge is -2.39. The van der Waals surface area contributed by atoms with Crippen molar-refractivity contribution in [3.8, 4) is 6.07 Å². The predicted molar refractivity (Wildman–Crippen MR) is 118 cm³/mol. The fourth-order valence-electron chi connectivity index (χ4n) is 3.92. The van der Waals surface area contributed by atoms with Crippen LogP contribution in [0.25, 0.3) is 0 Å². The lowest BCUT2D eigenvalue weighted by atomic mass is 9.78. The molecule has 2 aliphatic rings. The van der Waals surface area contributed by atoms with Crippen LogP contribution in [0, 0.1) is 21.4 Å². The maximum absolute atomic E-state index is 13.0. The maximum Gasteiger partial charge on any atom is 0.271 e. The monoisotopic (exact) mass is 504 g/mol. The van der Waals surface area contributed by atoms with E-state index in [9.17, 15) is 20.2 Å². The van der Waals surface area contributed by atoms with E-state index in [0.29, 0.717) is 30.5 Å². The summed E-state index contributed by atoms with van der Waals surface area (Å²) in [6.07, 6.45) is 1.54. The molecule has 2 N–H and O–H groups in total. The summed E-state index contributed by atoms with van der Waals surface area (Å²) in [5.41, 5.74) is 7.94. The number of nitrogens with zero attached hydrogens (tertiary/aromatic N) is 3. The van der Waals surface area contributed by atoms with Crippen LogP contribution in [0.4, 0.5) is 11.4 Å². The van der Waals surface area contributed by atoms with Crippen LogP contribution in [-0.2, 0) is 4.79 Å². The number of carbonyl (C=O) groups is 1. The minimum atomic E-state index is -0.567. The summed E-state index contributed by atoms with van der Waals surface area (Å²) in [5, 5.41) is 21.5. The van der Waals surface area contributed by atoms with Crippen molar-refractivity contribution >= 4 is 56.0 Å². The van der Waals surface area contributed by atoms with Gasteiger partial charge in [-0.15, -0.1) is 11.3 Å². The van der Waals surface area contributed by atoms with Gasteiger partial charge in [0.15, 0.2) is 5.78 Å². The van der Waals surface area contributed by atoms with Crippen LogP contribution in [0.5, 0.6) is 0 Å². The van der Waals surface area contributed by atoms with E-state index in [0.717, 1.165) is 8.66 Å². The third-order valence-corrected chi connectivity index (χ3v) is 7.18. The highest BCUT2D eigenvalue weighted by molar-refractivity contribution is 9.11. The molecule has 1 atom stereocenters. The van der Waals surface area contributed by atoms with Crippen LogP contribution >= 0.6 is 38.9 Å². The van der Waals surface area contributed by atoms with Crippen LogP contribution in [0.3, 0.4) is 0 Å². The van der Waals surface area contributed by atoms with Crippen LogP contribution in [0.15, 0.2) is 56.8 Å². The Hall–Kier alpha value is -2.67. The highest BCUT2D eigenvalue weighted by Gasteiger charge is 2.41. The Kier molecular flexibility index (Phi) is 5.40. The number of hydrogen-bond acceptors (Lipinski definition) is 7. The number of halogens is 2. The Bertz CT molecular complexity index is 1200. The summed E-state index contributed by atoms with van der Waals surface area (Å²) in [6, 6.07) is 9.93. The van der Waals surface area contributed by atoms with Gasteiger partial charge < -0.3 is 5.73 Å². The first-order chi connectivity index (χ1) is 14.3. The number of non-ortho nitro benzene ring substituents is 1. The van der Waals surface area contributed by atoms with E-state index in [1.54, 1.807) is 4.90 Å². The number of anilines is 1. The van der Waals surface area contributed by atoms with Crippen molar-refractivity contribution in [1.82, 2.24) is 0 Å². The Morgan fingerprint density at radius 1 is 1.33 bits per heavy atom. The van der Waals surface area contributed by atoms with Crippen LogP contribution in [0.2, 0.25) is 5.02 Å². The Morgan fingerprint density at radius 3 is 2.73 bits per heavy atom. The molecule has 0 fully saturated rings. The summed E-state index contributed by atoms with van der Waals surface area (Å²) >= 11 is 11.2. The van der Waals surface area contributed by atoms with Crippen molar-refractivity contribution in [3.63, 3.8) is 0 Å². The molecule has 1 aliphatic carbocycles. The smallest absolute Gasteiger partial charge is 0.271 e. The van der Waals surface area contributed by atoms with Crippen molar-refractivity contribution in [2.24, 2.45) is 5.73 Å². The quantitative estimate of drug-likeness (QED) is 0.443. The number of benzene rings is 1. The summed E-state index contributed by atoms with van der Waals surface area (Å²) in [6.45, 7) is 0. The molecule has 1 aromatic carbocycles. The van der Waals surface area contributed by atoms with Crippen molar-refractivity contribution in [3.05, 3.63) is 76.8 Å². The van der Waals surface area contributed by atoms with E-state index in [1.165, 1.54) is 29.5 Å². The van der Waals surface area contributed by atoms with Crippen molar-refractivity contribution in [1.29, 1.82) is 5.26 Å². The molecule has 0 spiro atoms. The largest absolute Gasteiger partial charge is 0.384 e. The molecular formula is C20H14BrClN4O3S. The molecule has 0 radical (unpaired) electrons. The van der Waals surface area contributed by atoms with Gasteiger partial charge in [0, 0.05) is 34.7 Å². The first-order valence-corrected chi connectivity index (χ1v) is 11.0. The lowest BCUT2D eigenvalue weighted by molar-refractivity contribution is -0.384. The number of nitrogens with two attached hydrogens (primary N) is 1. The standard InChI is InChI=1S/C20H14BrClN4O3S/c21-17-7-6-16(30-17)18-11(9-23)20(24)25(13-2-1-3-15(27)19(13)18)14-8-10(26(28)29)4-5-12(14)22/h4-8,18H,1-3,24H2. The number of ketones is 1. The molecule has 0 amide bonds. The average molecular weight is 506 g/mol. The number of hydrogen-bond donors (Lipinski definition) is 1. The first kappa shape index (κ1) is 20.6. The highest BCUT2D eigenvalue weighted by Crippen LogP contribution is 2.49. The number of allylic oxidation sites excluding steroid dienone is 3. The molecule has 4 rings (SSSR count). The van der Waals surface area contributed by atoms with Gasteiger partial charge in [-0.3, -0.25) is 19.8 Å². The minimum absolute atomic E-state index is 0.0578. The molecular weight excluding hydrogens is 492 g/mol. The van der Waals surface area contributed by atoms with E-state index < -0.39 is 10.8 Å². The molecule has 0 saturated heterocycles. The van der Waals surface area contributed by atoms with Crippen LogP contribution in [-0.4, -0.2) is 10.7 Å². The molecule has 30 heavy (non-hydrogen) atoms. The van der Waals surface area contributed by atoms with Gasteiger partial charge in [-0.25, -0.2) is 0 Å². The second-order valence-corrected chi connectivity index (χ2v) is 9.75. The number of rotatable bonds is 3. The van der Waals surface area contributed by atoms with Crippen molar-refractivity contribution < 1.29 is 9.72 Å². The summed E-state index contributed by atoms with van der Waals surface area (Å²) < 4.78 is 0.878. The zero-order valence-corrected chi connectivity index (χ0v) is 18.6. The Balaban J connectivity index is 1.99. The van der Waals surface area contributed by atoms with Gasteiger partial charge in [0.2, 0.25) is 0 Å². The van der Waals surface area contributed by atoms with E-state index in [1.807, 2.05) is 12.1 Å². The number of Topliss-reactive ketones (excluding diaryl/α,β-unsaturated/α-hetero) is 1. The van der Waals surface area contributed by atoms with E-state index in [-0.39, 0.29) is 33.6 Å². The van der Waals surface area contributed by atoms with Gasteiger partial charge in [0.05, 0.1) is 37.0 Å². The Labute approximate surface area is 189 Å². The molecule has 2 heterocycles. The molecule has 7 nitrogen and oxygen atoms in total. The van der Waals surface area contributed by atoms with E-state index in [4.69, 9.17) is 17.3 Å². The fourth-order valence-corrected chi connectivity index (χ4v) is 5.66. The van der Waals surface area contributed by atoms with Gasteiger partial charge >= 0.3 is 0 Å². The van der Waals surface area contributed by atoms with Crippen molar-refractivity contribution in [2.75, 3.05) is 4.90 Å². The summed E-state index contributed by atoms with van der Waals surface area (Å²) in [5.74, 6) is -0.497. The summed E-state index contributed by atoms with van der Waals surface area (Å²) in [7, 11) is 0. The lowest BCUT2D eigenvalue weighted by Crippen LogP contribution is -2.38. The van der Waals surface area contributed by atoms with Gasteiger partial charge in [0.25, 0.3) is 5.69 Å². The normalized spacial score (nSPS) is 19.0. The molecule has 1 unspecified atom stereocenters. The van der Waals surface area contributed by atoms with Gasteiger partial charge in [-0.05, 0) is 47.0 Å². The van der Waals surface area contributed by atoms with Crippen LogP contribution in [0.1, 0.15) is 30.1 Å². The van der Waals surface area contributed by atoms with Gasteiger partial charge in [0.1, 0.15) is 5.82 Å².